The Kier molecular flexibility index (Phi) is 5.06. The SMILES string of the molecule is COc1ccccc1COc1cccc(-c2noc(-c3ccccc3C)n2)c1. The van der Waals surface area contributed by atoms with Gasteiger partial charge in [-0.3, -0.25) is 0 Å². The van der Waals surface area contributed by atoms with E-state index in [1.807, 2.05) is 79.7 Å². The van der Waals surface area contributed by atoms with Crippen LogP contribution in [0.5, 0.6) is 11.5 Å². The average Bonchev–Trinajstić information content (AvgIpc) is 3.23. The van der Waals surface area contributed by atoms with Crippen molar-refractivity contribution in [1.29, 1.82) is 0 Å². The number of aryl methyl sites for hydroxylation is 1. The van der Waals surface area contributed by atoms with Gasteiger partial charge in [0.25, 0.3) is 5.89 Å². The number of para-hydroxylation sites is 1. The standard InChI is InChI=1S/C23H20N2O3/c1-16-8-3-5-12-20(16)23-24-22(25-28-23)17-10-7-11-19(14-17)27-15-18-9-4-6-13-21(18)26-2/h3-14H,15H2,1-2H3. The third-order valence-electron chi connectivity index (χ3n) is 4.48. The normalized spacial score (nSPS) is 10.6. The Bertz CT molecular complexity index is 1090. The Balaban J connectivity index is 1.54. The van der Waals surface area contributed by atoms with Crippen molar-refractivity contribution in [1.82, 2.24) is 10.1 Å². The van der Waals surface area contributed by atoms with Crippen LogP contribution >= 0.6 is 0 Å². The third kappa shape index (κ3) is 3.74. The zero-order valence-electron chi connectivity index (χ0n) is 15.8. The smallest absolute Gasteiger partial charge is 0.258 e. The summed E-state index contributed by atoms with van der Waals surface area (Å²) >= 11 is 0. The van der Waals surface area contributed by atoms with Gasteiger partial charge in [0, 0.05) is 16.7 Å². The number of benzene rings is 3. The van der Waals surface area contributed by atoms with Crippen LogP contribution in [0.3, 0.4) is 0 Å². The van der Waals surface area contributed by atoms with Gasteiger partial charge in [-0.05, 0) is 36.8 Å². The molecule has 0 N–H and O–H groups in total. The van der Waals surface area contributed by atoms with E-state index in [4.69, 9.17) is 14.0 Å². The predicted octanol–water partition coefficient (Wildman–Crippen LogP) is 5.30. The van der Waals surface area contributed by atoms with Gasteiger partial charge in [0.2, 0.25) is 5.82 Å². The highest BCUT2D eigenvalue weighted by Crippen LogP contribution is 2.27. The summed E-state index contributed by atoms with van der Waals surface area (Å²) in [6, 6.07) is 23.4. The fourth-order valence-corrected chi connectivity index (χ4v) is 2.97. The van der Waals surface area contributed by atoms with Gasteiger partial charge in [0.05, 0.1) is 7.11 Å². The van der Waals surface area contributed by atoms with Gasteiger partial charge in [-0.15, -0.1) is 0 Å². The second kappa shape index (κ2) is 7.96. The Hall–Kier alpha value is -3.60. The van der Waals surface area contributed by atoms with E-state index in [1.54, 1.807) is 7.11 Å². The van der Waals surface area contributed by atoms with E-state index < -0.39 is 0 Å². The first-order valence-electron chi connectivity index (χ1n) is 8.99. The molecule has 0 fully saturated rings. The average molecular weight is 372 g/mol. The van der Waals surface area contributed by atoms with Crippen LogP contribution < -0.4 is 9.47 Å². The Morgan fingerprint density at radius 2 is 1.75 bits per heavy atom. The molecule has 0 aliphatic carbocycles. The van der Waals surface area contributed by atoms with Crippen molar-refractivity contribution in [3.05, 3.63) is 83.9 Å². The van der Waals surface area contributed by atoms with Crippen LogP contribution in [0.4, 0.5) is 0 Å². The van der Waals surface area contributed by atoms with E-state index in [2.05, 4.69) is 10.1 Å². The van der Waals surface area contributed by atoms with Crippen LogP contribution in [-0.4, -0.2) is 17.3 Å². The lowest BCUT2D eigenvalue weighted by Crippen LogP contribution is -1.98. The van der Waals surface area contributed by atoms with Crippen LogP contribution in [0.2, 0.25) is 0 Å². The zero-order chi connectivity index (χ0) is 19.3. The number of aromatic nitrogens is 2. The van der Waals surface area contributed by atoms with Gasteiger partial charge >= 0.3 is 0 Å². The van der Waals surface area contributed by atoms with Crippen molar-refractivity contribution in [3.8, 4) is 34.3 Å². The van der Waals surface area contributed by atoms with Gasteiger partial charge in [0.1, 0.15) is 18.1 Å². The first-order chi connectivity index (χ1) is 13.7. The number of hydrogen-bond donors (Lipinski definition) is 0. The molecule has 0 radical (unpaired) electrons. The van der Waals surface area contributed by atoms with E-state index in [-0.39, 0.29) is 0 Å². The van der Waals surface area contributed by atoms with Crippen molar-refractivity contribution in [2.45, 2.75) is 13.5 Å². The second-order valence-corrected chi connectivity index (χ2v) is 6.37. The van der Waals surface area contributed by atoms with Crippen molar-refractivity contribution in [3.63, 3.8) is 0 Å². The van der Waals surface area contributed by atoms with Crippen molar-refractivity contribution < 1.29 is 14.0 Å². The molecule has 0 spiro atoms. The number of ether oxygens (including phenoxy) is 2. The Labute approximate surface area is 163 Å². The summed E-state index contributed by atoms with van der Waals surface area (Å²) < 4.78 is 16.8. The molecule has 4 rings (SSSR count). The topological polar surface area (TPSA) is 57.4 Å². The van der Waals surface area contributed by atoms with Crippen LogP contribution in [0, 0.1) is 6.92 Å². The van der Waals surface area contributed by atoms with Crippen molar-refractivity contribution >= 4 is 0 Å². The molecule has 0 saturated carbocycles. The minimum atomic E-state index is 0.411. The molecule has 1 heterocycles. The maximum atomic E-state index is 5.94. The molecule has 0 aliphatic heterocycles. The van der Waals surface area contributed by atoms with Crippen LogP contribution in [0.1, 0.15) is 11.1 Å². The minimum Gasteiger partial charge on any atom is -0.496 e. The lowest BCUT2D eigenvalue weighted by atomic mass is 10.1. The van der Waals surface area contributed by atoms with Crippen LogP contribution in [-0.2, 0) is 6.61 Å². The number of rotatable bonds is 6. The van der Waals surface area contributed by atoms with Crippen LogP contribution in [0.25, 0.3) is 22.8 Å². The van der Waals surface area contributed by atoms with E-state index in [0.717, 1.165) is 33.8 Å². The molecule has 1 aromatic heterocycles. The zero-order valence-corrected chi connectivity index (χ0v) is 15.8. The maximum Gasteiger partial charge on any atom is 0.258 e. The molecule has 0 aliphatic rings. The number of nitrogens with zero attached hydrogens (tertiary/aromatic N) is 2. The fraction of sp³-hybridized carbons (Fsp3) is 0.130. The van der Waals surface area contributed by atoms with E-state index >= 15 is 0 Å². The molecule has 4 aromatic rings. The summed E-state index contributed by atoms with van der Waals surface area (Å²) in [5.74, 6) is 2.57. The maximum absolute atomic E-state index is 5.94. The lowest BCUT2D eigenvalue weighted by molar-refractivity contribution is 0.297. The van der Waals surface area contributed by atoms with Gasteiger partial charge in [-0.1, -0.05) is 53.7 Å². The summed E-state index contributed by atoms with van der Waals surface area (Å²) in [5.41, 5.74) is 3.84. The third-order valence-corrected chi connectivity index (χ3v) is 4.48. The number of hydrogen-bond acceptors (Lipinski definition) is 5. The molecular formula is C23H20N2O3. The van der Waals surface area contributed by atoms with E-state index in [9.17, 15) is 0 Å². The van der Waals surface area contributed by atoms with Gasteiger partial charge in [-0.25, -0.2) is 0 Å². The molecule has 0 bridgehead atoms. The van der Waals surface area contributed by atoms with Crippen molar-refractivity contribution in [2.75, 3.05) is 7.11 Å². The predicted molar refractivity (Wildman–Crippen MR) is 107 cm³/mol. The van der Waals surface area contributed by atoms with E-state index in [0.29, 0.717) is 18.3 Å². The Morgan fingerprint density at radius 3 is 2.61 bits per heavy atom. The molecule has 0 atom stereocenters. The highest BCUT2D eigenvalue weighted by Gasteiger charge is 2.13. The molecule has 0 unspecified atom stereocenters. The monoisotopic (exact) mass is 372 g/mol. The largest absolute Gasteiger partial charge is 0.496 e. The molecule has 5 nitrogen and oxygen atoms in total. The highest BCUT2D eigenvalue weighted by molar-refractivity contribution is 5.63. The minimum absolute atomic E-state index is 0.411. The molecule has 5 heteroatoms. The summed E-state index contributed by atoms with van der Waals surface area (Å²) in [6.45, 7) is 2.43. The lowest BCUT2D eigenvalue weighted by Gasteiger charge is -2.10. The molecule has 140 valence electrons. The molecule has 28 heavy (non-hydrogen) atoms. The first kappa shape index (κ1) is 17.8. The Morgan fingerprint density at radius 1 is 0.929 bits per heavy atom. The highest BCUT2D eigenvalue weighted by atomic mass is 16.5. The quantitative estimate of drug-likeness (QED) is 0.460. The molecule has 0 saturated heterocycles. The van der Waals surface area contributed by atoms with Crippen molar-refractivity contribution in [2.24, 2.45) is 0 Å². The second-order valence-electron chi connectivity index (χ2n) is 6.37. The van der Waals surface area contributed by atoms with Gasteiger partial charge in [0.15, 0.2) is 0 Å². The number of methoxy groups -OCH3 is 1. The van der Waals surface area contributed by atoms with E-state index in [1.165, 1.54) is 0 Å². The summed E-state index contributed by atoms with van der Waals surface area (Å²) in [6.07, 6.45) is 0. The summed E-state index contributed by atoms with van der Waals surface area (Å²) in [4.78, 5) is 4.55. The summed E-state index contributed by atoms with van der Waals surface area (Å²) in [5, 5.41) is 4.13. The molecule has 0 amide bonds. The summed E-state index contributed by atoms with van der Waals surface area (Å²) in [7, 11) is 1.65. The molecular weight excluding hydrogens is 352 g/mol. The molecule has 3 aromatic carbocycles. The van der Waals surface area contributed by atoms with Gasteiger partial charge < -0.3 is 14.0 Å². The van der Waals surface area contributed by atoms with Crippen LogP contribution in [0.15, 0.2) is 77.3 Å². The first-order valence-corrected chi connectivity index (χ1v) is 8.99. The van der Waals surface area contributed by atoms with Gasteiger partial charge in [-0.2, -0.15) is 4.98 Å². The fourth-order valence-electron chi connectivity index (χ4n) is 2.97.